The first-order valence-electron chi connectivity index (χ1n) is 9.51. The number of rotatable bonds is 7. The van der Waals surface area contributed by atoms with Crippen LogP contribution < -0.4 is 15.4 Å². The van der Waals surface area contributed by atoms with Crippen LogP contribution >= 0.6 is 0 Å². The number of pyridine rings is 1. The van der Waals surface area contributed by atoms with E-state index in [9.17, 15) is 13.2 Å². The van der Waals surface area contributed by atoms with Crippen LogP contribution in [0.1, 0.15) is 30.9 Å². The molecule has 0 aliphatic rings. The highest BCUT2D eigenvalue weighted by Gasteiger charge is 2.17. The smallest absolute Gasteiger partial charge is 0.319 e. The Balaban J connectivity index is 1.64. The summed E-state index contributed by atoms with van der Waals surface area (Å²) in [6.07, 6.45) is 3.33. The minimum Gasteiger partial charge on any atom is -0.334 e. The van der Waals surface area contributed by atoms with Crippen molar-refractivity contribution in [2.75, 3.05) is 10.0 Å². The zero-order valence-corrected chi connectivity index (χ0v) is 17.6. The Morgan fingerprint density at radius 1 is 1.00 bits per heavy atom. The molecular formula is C22H24N4O3S. The molecule has 0 aliphatic carbocycles. The average Bonchev–Trinajstić information content (AvgIpc) is 2.73. The highest BCUT2D eigenvalue weighted by Crippen LogP contribution is 2.26. The van der Waals surface area contributed by atoms with Gasteiger partial charge in [-0.15, -0.1) is 0 Å². The summed E-state index contributed by atoms with van der Waals surface area (Å²) in [5.74, 6) is 0.181. The van der Waals surface area contributed by atoms with E-state index in [0.29, 0.717) is 17.9 Å². The molecule has 0 radical (unpaired) electrons. The van der Waals surface area contributed by atoms with Gasteiger partial charge in [0.1, 0.15) is 0 Å². The molecule has 0 saturated carbocycles. The zero-order chi connectivity index (χ0) is 21.6. The van der Waals surface area contributed by atoms with Crippen LogP contribution in [0.15, 0.2) is 78.0 Å². The van der Waals surface area contributed by atoms with Crippen LogP contribution in [-0.2, 0) is 16.6 Å². The number of hydrogen-bond donors (Lipinski definition) is 3. The van der Waals surface area contributed by atoms with Crippen molar-refractivity contribution in [2.45, 2.75) is 31.2 Å². The number of nitrogens with zero attached hydrogens (tertiary/aromatic N) is 1. The molecule has 0 unspecified atom stereocenters. The number of carbonyl (C=O) groups excluding carboxylic acids is 1. The molecule has 30 heavy (non-hydrogen) atoms. The number of urea groups is 1. The standard InChI is InChI=1S/C22H24N4O3S/c1-16(2)20-7-3-4-8-21(20)26-30(28,29)19-11-9-18(10-12-19)25-22(27)24-15-17-6-5-13-23-14-17/h3-14,16,26H,15H2,1-2H3,(H2,24,25,27). The average molecular weight is 425 g/mol. The summed E-state index contributed by atoms with van der Waals surface area (Å²) in [5.41, 5.74) is 2.84. The summed E-state index contributed by atoms with van der Waals surface area (Å²) in [6, 6.07) is 16.6. The third-order valence-corrected chi connectivity index (χ3v) is 5.81. The summed E-state index contributed by atoms with van der Waals surface area (Å²) in [4.78, 5) is 16.1. The van der Waals surface area contributed by atoms with E-state index in [-0.39, 0.29) is 10.8 Å². The predicted molar refractivity (Wildman–Crippen MR) is 118 cm³/mol. The van der Waals surface area contributed by atoms with Crippen LogP contribution in [0.2, 0.25) is 0 Å². The first-order chi connectivity index (χ1) is 14.3. The van der Waals surface area contributed by atoms with Gasteiger partial charge in [-0.1, -0.05) is 38.1 Å². The Bertz CT molecular complexity index is 1100. The van der Waals surface area contributed by atoms with Crippen molar-refractivity contribution >= 4 is 27.4 Å². The van der Waals surface area contributed by atoms with Crippen molar-refractivity contribution in [2.24, 2.45) is 0 Å². The maximum Gasteiger partial charge on any atom is 0.319 e. The van der Waals surface area contributed by atoms with Gasteiger partial charge in [-0.05, 0) is 53.4 Å². The van der Waals surface area contributed by atoms with E-state index < -0.39 is 16.1 Å². The molecule has 0 saturated heterocycles. The Labute approximate surface area is 176 Å². The number of aromatic nitrogens is 1. The lowest BCUT2D eigenvalue weighted by Gasteiger charge is -2.15. The lowest BCUT2D eigenvalue weighted by molar-refractivity contribution is 0.251. The van der Waals surface area contributed by atoms with Crippen LogP contribution in [0.4, 0.5) is 16.2 Å². The summed E-state index contributed by atoms with van der Waals surface area (Å²) in [7, 11) is -3.75. The van der Waals surface area contributed by atoms with Crippen LogP contribution in [0.25, 0.3) is 0 Å². The molecule has 7 nitrogen and oxygen atoms in total. The normalized spacial score (nSPS) is 11.2. The molecule has 1 aromatic heterocycles. The molecule has 8 heteroatoms. The highest BCUT2D eigenvalue weighted by atomic mass is 32.2. The van der Waals surface area contributed by atoms with Crippen molar-refractivity contribution in [1.82, 2.24) is 10.3 Å². The van der Waals surface area contributed by atoms with E-state index in [1.807, 2.05) is 32.0 Å². The monoisotopic (exact) mass is 424 g/mol. The number of benzene rings is 2. The molecule has 156 valence electrons. The van der Waals surface area contributed by atoms with E-state index >= 15 is 0 Å². The first kappa shape index (κ1) is 21.3. The number of para-hydroxylation sites is 1. The molecule has 0 spiro atoms. The molecule has 2 amide bonds. The van der Waals surface area contributed by atoms with Gasteiger partial charge in [-0.25, -0.2) is 13.2 Å². The number of hydrogen-bond acceptors (Lipinski definition) is 4. The number of amides is 2. The van der Waals surface area contributed by atoms with Crippen molar-refractivity contribution < 1.29 is 13.2 Å². The second kappa shape index (κ2) is 9.41. The minimum absolute atomic E-state index is 0.113. The first-order valence-corrected chi connectivity index (χ1v) is 11.0. The SMILES string of the molecule is CC(C)c1ccccc1NS(=O)(=O)c1ccc(NC(=O)NCc2cccnc2)cc1. The summed E-state index contributed by atoms with van der Waals surface area (Å²) >= 11 is 0. The van der Waals surface area contributed by atoms with Crippen molar-refractivity contribution in [3.8, 4) is 0 Å². The fraction of sp³-hybridized carbons (Fsp3) is 0.182. The third-order valence-electron chi connectivity index (χ3n) is 4.43. The van der Waals surface area contributed by atoms with Crippen LogP contribution in [0.5, 0.6) is 0 Å². The Kier molecular flexibility index (Phi) is 6.68. The summed E-state index contributed by atoms with van der Waals surface area (Å²) < 4.78 is 28.2. The maximum absolute atomic E-state index is 12.8. The lowest BCUT2D eigenvalue weighted by atomic mass is 10.0. The van der Waals surface area contributed by atoms with E-state index in [0.717, 1.165) is 11.1 Å². The van der Waals surface area contributed by atoms with Crippen molar-refractivity contribution in [3.05, 3.63) is 84.2 Å². The number of sulfonamides is 1. The van der Waals surface area contributed by atoms with Gasteiger partial charge in [-0.3, -0.25) is 9.71 Å². The Hall–Kier alpha value is -3.39. The van der Waals surface area contributed by atoms with E-state index in [1.165, 1.54) is 12.1 Å². The molecule has 0 atom stereocenters. The molecule has 0 aliphatic heterocycles. The van der Waals surface area contributed by atoms with Gasteiger partial charge < -0.3 is 10.6 Å². The van der Waals surface area contributed by atoms with E-state index in [1.54, 1.807) is 42.7 Å². The molecule has 1 heterocycles. The van der Waals surface area contributed by atoms with Crippen molar-refractivity contribution in [3.63, 3.8) is 0 Å². The zero-order valence-electron chi connectivity index (χ0n) is 16.8. The van der Waals surface area contributed by atoms with E-state index in [4.69, 9.17) is 0 Å². The number of nitrogens with one attached hydrogen (secondary N) is 3. The molecule has 3 aromatic rings. The fourth-order valence-electron chi connectivity index (χ4n) is 2.87. The van der Waals surface area contributed by atoms with Gasteiger partial charge in [0.25, 0.3) is 10.0 Å². The molecule has 2 aromatic carbocycles. The number of anilines is 2. The van der Waals surface area contributed by atoms with Crippen LogP contribution in [-0.4, -0.2) is 19.4 Å². The lowest BCUT2D eigenvalue weighted by Crippen LogP contribution is -2.28. The van der Waals surface area contributed by atoms with Gasteiger partial charge >= 0.3 is 6.03 Å². The van der Waals surface area contributed by atoms with Gasteiger partial charge in [0.15, 0.2) is 0 Å². The Morgan fingerprint density at radius 2 is 1.73 bits per heavy atom. The highest BCUT2D eigenvalue weighted by molar-refractivity contribution is 7.92. The Morgan fingerprint density at radius 3 is 2.40 bits per heavy atom. The molecule has 3 N–H and O–H groups in total. The summed E-state index contributed by atoms with van der Waals surface area (Å²) in [5, 5.41) is 5.40. The van der Waals surface area contributed by atoms with Crippen molar-refractivity contribution in [1.29, 1.82) is 0 Å². The van der Waals surface area contributed by atoms with E-state index in [2.05, 4.69) is 20.3 Å². The second-order valence-corrected chi connectivity index (χ2v) is 8.72. The van der Waals surface area contributed by atoms with Gasteiger partial charge in [0.05, 0.1) is 10.6 Å². The predicted octanol–water partition coefficient (Wildman–Crippen LogP) is 4.33. The van der Waals surface area contributed by atoms with Crippen LogP contribution in [0.3, 0.4) is 0 Å². The quantitative estimate of drug-likeness (QED) is 0.526. The largest absolute Gasteiger partial charge is 0.334 e. The topological polar surface area (TPSA) is 100 Å². The number of carbonyl (C=O) groups is 1. The van der Waals surface area contributed by atoms with Crippen LogP contribution in [0, 0.1) is 0 Å². The molecule has 0 fully saturated rings. The minimum atomic E-state index is -3.75. The van der Waals surface area contributed by atoms with Gasteiger partial charge in [0.2, 0.25) is 0 Å². The fourth-order valence-corrected chi connectivity index (χ4v) is 3.96. The molecule has 3 rings (SSSR count). The van der Waals surface area contributed by atoms with Gasteiger partial charge in [-0.2, -0.15) is 0 Å². The maximum atomic E-state index is 12.8. The molecule has 0 bridgehead atoms. The second-order valence-electron chi connectivity index (χ2n) is 7.04. The summed E-state index contributed by atoms with van der Waals surface area (Å²) in [6.45, 7) is 4.35. The van der Waals surface area contributed by atoms with Gasteiger partial charge in [0, 0.05) is 24.6 Å². The third kappa shape index (κ3) is 5.57. The molecular weight excluding hydrogens is 400 g/mol.